The highest BCUT2D eigenvalue weighted by Gasteiger charge is 2.52. The number of fused-ring (bicyclic) bond motifs is 2. The molecule has 1 aromatic rings. The average Bonchev–Trinajstić information content (AvgIpc) is 3.35. The number of carbonyl (C=O) groups is 4. The number of hydrogen-bond donors (Lipinski definition) is 1. The number of amides is 5. The van der Waals surface area contributed by atoms with E-state index in [0.29, 0.717) is 17.5 Å². The second-order valence-electron chi connectivity index (χ2n) is 8.79. The van der Waals surface area contributed by atoms with E-state index in [-0.39, 0.29) is 12.0 Å². The van der Waals surface area contributed by atoms with E-state index in [1.807, 2.05) is 32.9 Å². The molecular formula is C22H27N3O4. The average molecular weight is 397 g/mol. The van der Waals surface area contributed by atoms with E-state index < -0.39 is 30.3 Å². The maximum Gasteiger partial charge on any atom is 0.334 e. The SMILES string of the molecule is Cc1ccc(NC(=O)CN2C(=O)C(=O)N([C@H](C)[C@@H]3C[C@H]4CC[C@H]3C4)C2=O)c(C)c1. The molecule has 1 heterocycles. The maximum atomic E-state index is 12.9. The van der Waals surface area contributed by atoms with Crippen molar-refractivity contribution in [1.29, 1.82) is 0 Å². The normalized spacial score (nSPS) is 27.1. The van der Waals surface area contributed by atoms with Crippen LogP contribution in [0.4, 0.5) is 10.5 Å². The summed E-state index contributed by atoms with van der Waals surface area (Å²) in [6.45, 7) is 5.22. The summed E-state index contributed by atoms with van der Waals surface area (Å²) in [5.41, 5.74) is 2.58. The quantitative estimate of drug-likeness (QED) is 0.611. The maximum absolute atomic E-state index is 12.9. The standard InChI is InChI=1S/C22H27N3O4/c1-12-4-7-18(13(2)8-12)23-19(26)11-24-20(27)21(28)25(22(24)29)14(3)17-10-15-5-6-16(17)9-15/h4,7-8,14-17H,5-6,9-11H2,1-3H3,(H,23,26)/t14-,15+,16+,17+/m1/s1. The number of nitrogens with zero attached hydrogens (tertiary/aromatic N) is 2. The molecule has 2 saturated carbocycles. The topological polar surface area (TPSA) is 86.8 Å². The molecule has 7 nitrogen and oxygen atoms in total. The Morgan fingerprint density at radius 1 is 1.14 bits per heavy atom. The van der Waals surface area contributed by atoms with Gasteiger partial charge in [-0.3, -0.25) is 19.3 Å². The van der Waals surface area contributed by atoms with Gasteiger partial charge < -0.3 is 5.32 Å². The smallest absolute Gasteiger partial charge is 0.324 e. The van der Waals surface area contributed by atoms with E-state index in [2.05, 4.69) is 5.32 Å². The number of aryl methyl sites for hydroxylation is 2. The summed E-state index contributed by atoms with van der Waals surface area (Å²) >= 11 is 0. The molecule has 154 valence electrons. The van der Waals surface area contributed by atoms with Gasteiger partial charge in [-0.2, -0.15) is 0 Å². The van der Waals surface area contributed by atoms with Gasteiger partial charge in [-0.25, -0.2) is 9.69 Å². The number of anilines is 1. The molecule has 1 N–H and O–H groups in total. The lowest BCUT2D eigenvalue weighted by Gasteiger charge is -2.32. The van der Waals surface area contributed by atoms with E-state index in [0.717, 1.165) is 40.2 Å². The Morgan fingerprint density at radius 2 is 1.90 bits per heavy atom. The second kappa shape index (κ2) is 7.28. The van der Waals surface area contributed by atoms with Gasteiger partial charge in [0, 0.05) is 11.7 Å². The van der Waals surface area contributed by atoms with Crippen molar-refractivity contribution in [3.63, 3.8) is 0 Å². The highest BCUT2D eigenvalue weighted by molar-refractivity contribution is 6.45. The number of benzene rings is 1. The Morgan fingerprint density at radius 3 is 2.52 bits per heavy atom. The summed E-state index contributed by atoms with van der Waals surface area (Å²) in [5.74, 6) is -0.784. The van der Waals surface area contributed by atoms with Crippen LogP contribution in [0.2, 0.25) is 0 Å². The third kappa shape index (κ3) is 3.43. The molecule has 3 fully saturated rings. The second-order valence-corrected chi connectivity index (χ2v) is 8.79. The Hall–Kier alpha value is -2.70. The Labute approximate surface area is 170 Å². The first-order valence-electron chi connectivity index (χ1n) is 10.3. The number of nitrogens with one attached hydrogen (secondary N) is 1. The molecule has 0 spiro atoms. The van der Waals surface area contributed by atoms with Crippen LogP contribution in [0, 0.1) is 31.6 Å². The van der Waals surface area contributed by atoms with Crippen LogP contribution in [0.3, 0.4) is 0 Å². The molecule has 1 aliphatic heterocycles. The first-order valence-corrected chi connectivity index (χ1v) is 10.3. The molecular weight excluding hydrogens is 370 g/mol. The predicted octanol–water partition coefficient (Wildman–Crippen LogP) is 2.86. The molecule has 3 aliphatic rings. The highest BCUT2D eigenvalue weighted by atomic mass is 16.2. The van der Waals surface area contributed by atoms with E-state index in [4.69, 9.17) is 0 Å². The van der Waals surface area contributed by atoms with Gasteiger partial charge in [0.15, 0.2) is 0 Å². The third-order valence-corrected chi connectivity index (χ3v) is 6.86. The molecule has 1 aromatic carbocycles. The molecule has 1 saturated heterocycles. The minimum absolute atomic E-state index is 0.249. The number of hydrogen-bond acceptors (Lipinski definition) is 4. The van der Waals surface area contributed by atoms with Gasteiger partial charge >= 0.3 is 17.8 Å². The first kappa shape index (κ1) is 19.6. The first-order chi connectivity index (χ1) is 13.8. The zero-order valence-electron chi connectivity index (χ0n) is 17.1. The summed E-state index contributed by atoms with van der Waals surface area (Å²) in [5, 5.41) is 2.73. The largest absolute Gasteiger partial charge is 0.334 e. The molecule has 0 unspecified atom stereocenters. The molecule has 5 amide bonds. The molecule has 0 radical (unpaired) electrons. The number of rotatable bonds is 5. The van der Waals surface area contributed by atoms with Crippen molar-refractivity contribution in [2.75, 3.05) is 11.9 Å². The van der Waals surface area contributed by atoms with Crippen LogP contribution < -0.4 is 5.32 Å². The zero-order chi connectivity index (χ0) is 20.9. The minimum Gasteiger partial charge on any atom is -0.324 e. The van der Waals surface area contributed by atoms with Gasteiger partial charge in [0.25, 0.3) is 0 Å². The van der Waals surface area contributed by atoms with Gasteiger partial charge in [0.05, 0.1) is 0 Å². The summed E-state index contributed by atoms with van der Waals surface area (Å²) in [4.78, 5) is 52.1. The van der Waals surface area contributed by atoms with Crippen molar-refractivity contribution in [3.8, 4) is 0 Å². The van der Waals surface area contributed by atoms with Crippen LogP contribution in [-0.4, -0.2) is 46.1 Å². The fourth-order valence-corrected chi connectivity index (χ4v) is 5.38. The van der Waals surface area contributed by atoms with Gasteiger partial charge in [-0.1, -0.05) is 24.1 Å². The van der Waals surface area contributed by atoms with Gasteiger partial charge in [0.2, 0.25) is 5.91 Å². The van der Waals surface area contributed by atoms with Crippen molar-refractivity contribution in [2.24, 2.45) is 17.8 Å². The molecule has 4 rings (SSSR count). The zero-order valence-corrected chi connectivity index (χ0v) is 17.1. The number of urea groups is 1. The van der Waals surface area contributed by atoms with E-state index in [9.17, 15) is 19.2 Å². The lowest BCUT2D eigenvalue weighted by molar-refractivity contribution is -0.144. The van der Waals surface area contributed by atoms with Crippen molar-refractivity contribution in [2.45, 2.75) is 52.5 Å². The number of imide groups is 2. The number of carbonyl (C=O) groups excluding carboxylic acids is 4. The van der Waals surface area contributed by atoms with Crippen molar-refractivity contribution in [1.82, 2.24) is 9.80 Å². The summed E-state index contributed by atoms with van der Waals surface area (Å²) < 4.78 is 0. The van der Waals surface area contributed by atoms with Gasteiger partial charge in [-0.05, 0) is 69.4 Å². The van der Waals surface area contributed by atoms with Crippen molar-refractivity contribution < 1.29 is 19.2 Å². The van der Waals surface area contributed by atoms with Crippen molar-refractivity contribution >= 4 is 29.4 Å². The lowest BCUT2D eigenvalue weighted by Crippen LogP contribution is -2.45. The molecule has 2 aliphatic carbocycles. The molecule has 29 heavy (non-hydrogen) atoms. The van der Waals surface area contributed by atoms with E-state index >= 15 is 0 Å². The molecule has 2 bridgehead atoms. The Bertz CT molecular complexity index is 896. The third-order valence-electron chi connectivity index (χ3n) is 6.86. The monoisotopic (exact) mass is 397 g/mol. The predicted molar refractivity (Wildman–Crippen MR) is 107 cm³/mol. The Balaban J connectivity index is 1.44. The van der Waals surface area contributed by atoms with Gasteiger partial charge in [-0.15, -0.1) is 0 Å². The Kier molecular flexibility index (Phi) is 4.92. The molecule has 0 aromatic heterocycles. The minimum atomic E-state index is -0.916. The molecule has 4 atom stereocenters. The molecule has 7 heteroatoms. The van der Waals surface area contributed by atoms with Crippen molar-refractivity contribution in [3.05, 3.63) is 29.3 Å². The van der Waals surface area contributed by atoms with E-state index in [1.54, 1.807) is 6.07 Å². The summed E-state index contributed by atoms with van der Waals surface area (Å²) in [6.07, 6.45) is 4.51. The van der Waals surface area contributed by atoms with Crippen LogP contribution in [-0.2, 0) is 14.4 Å². The fraction of sp³-hybridized carbons (Fsp3) is 0.545. The van der Waals surface area contributed by atoms with Gasteiger partial charge in [0.1, 0.15) is 6.54 Å². The van der Waals surface area contributed by atoms with Crippen LogP contribution in [0.1, 0.15) is 43.7 Å². The van der Waals surface area contributed by atoms with Crippen LogP contribution in [0.5, 0.6) is 0 Å². The van der Waals surface area contributed by atoms with Crippen LogP contribution >= 0.6 is 0 Å². The fourth-order valence-electron chi connectivity index (χ4n) is 5.38. The van der Waals surface area contributed by atoms with Crippen LogP contribution in [0.25, 0.3) is 0 Å². The summed E-state index contributed by atoms with van der Waals surface area (Å²) in [7, 11) is 0. The summed E-state index contributed by atoms with van der Waals surface area (Å²) in [6, 6.07) is 4.60. The van der Waals surface area contributed by atoms with Crippen LogP contribution in [0.15, 0.2) is 18.2 Å². The highest BCUT2D eigenvalue weighted by Crippen LogP contribution is 2.50. The lowest BCUT2D eigenvalue weighted by atomic mass is 9.83. The van der Waals surface area contributed by atoms with E-state index in [1.165, 1.54) is 6.42 Å².